The lowest BCUT2D eigenvalue weighted by atomic mass is 10.1. The van der Waals surface area contributed by atoms with Crippen molar-refractivity contribution in [1.82, 2.24) is 15.0 Å². The first-order valence-corrected chi connectivity index (χ1v) is 9.81. The van der Waals surface area contributed by atoms with E-state index in [-0.39, 0.29) is 18.6 Å². The van der Waals surface area contributed by atoms with E-state index >= 15 is 0 Å². The molecule has 0 saturated carbocycles. The zero-order valence-corrected chi connectivity index (χ0v) is 15.9. The van der Waals surface area contributed by atoms with E-state index in [0.717, 1.165) is 24.9 Å². The van der Waals surface area contributed by atoms with Crippen LogP contribution in [-0.2, 0) is 11.2 Å². The number of ether oxygens (including phenoxy) is 2. The van der Waals surface area contributed by atoms with Crippen molar-refractivity contribution in [1.29, 1.82) is 0 Å². The van der Waals surface area contributed by atoms with Crippen LogP contribution in [0, 0.1) is 0 Å². The Bertz CT molecular complexity index is 1020. The highest BCUT2D eigenvalue weighted by molar-refractivity contribution is 5.79. The second kappa shape index (κ2) is 7.58. The standard InChI is InChI=1S/C22H21N3O4/c26-20-12-17(13-25(20)10-4-7-15-5-2-1-3-6-15)21-23-22(29-24-21)16-8-9-18-19(11-16)28-14-27-18/h1-3,5-6,8-9,11,17H,4,7,10,12-14H2. The Morgan fingerprint density at radius 2 is 1.93 bits per heavy atom. The molecule has 7 nitrogen and oxygen atoms in total. The highest BCUT2D eigenvalue weighted by Crippen LogP contribution is 2.36. The zero-order chi connectivity index (χ0) is 19.6. The average molecular weight is 391 g/mol. The Kier molecular flexibility index (Phi) is 4.63. The summed E-state index contributed by atoms with van der Waals surface area (Å²) in [5, 5.41) is 4.13. The Hall–Kier alpha value is -3.35. The van der Waals surface area contributed by atoms with Gasteiger partial charge < -0.3 is 18.9 Å². The second-order valence-corrected chi connectivity index (χ2v) is 7.36. The smallest absolute Gasteiger partial charge is 0.258 e. The van der Waals surface area contributed by atoms with Gasteiger partial charge in [0.15, 0.2) is 17.3 Å². The molecule has 3 heterocycles. The molecule has 2 aliphatic rings. The number of rotatable bonds is 6. The number of carbonyl (C=O) groups is 1. The van der Waals surface area contributed by atoms with Crippen LogP contribution < -0.4 is 9.47 Å². The summed E-state index contributed by atoms with van der Waals surface area (Å²) in [7, 11) is 0. The molecule has 2 aromatic carbocycles. The van der Waals surface area contributed by atoms with Crippen LogP contribution in [0.1, 0.15) is 30.1 Å². The lowest BCUT2D eigenvalue weighted by molar-refractivity contribution is -0.127. The predicted octanol–water partition coefficient (Wildman–Crippen LogP) is 3.41. The van der Waals surface area contributed by atoms with E-state index in [1.54, 1.807) is 0 Å². The van der Waals surface area contributed by atoms with E-state index in [1.165, 1.54) is 5.56 Å². The van der Waals surface area contributed by atoms with E-state index in [2.05, 4.69) is 22.3 Å². The fraction of sp³-hybridized carbons (Fsp3) is 0.318. The maximum atomic E-state index is 12.4. The molecular formula is C22H21N3O4. The van der Waals surface area contributed by atoms with Crippen LogP contribution in [0.2, 0.25) is 0 Å². The summed E-state index contributed by atoms with van der Waals surface area (Å²) in [5.74, 6) is 2.50. The summed E-state index contributed by atoms with van der Waals surface area (Å²) in [6, 6.07) is 15.9. The van der Waals surface area contributed by atoms with Gasteiger partial charge in [0.2, 0.25) is 12.7 Å². The number of nitrogens with zero attached hydrogens (tertiary/aromatic N) is 3. The molecule has 0 spiro atoms. The minimum Gasteiger partial charge on any atom is -0.454 e. The lowest BCUT2D eigenvalue weighted by Crippen LogP contribution is -2.26. The van der Waals surface area contributed by atoms with Crippen molar-refractivity contribution in [2.45, 2.75) is 25.2 Å². The number of hydrogen-bond acceptors (Lipinski definition) is 6. The highest BCUT2D eigenvalue weighted by Gasteiger charge is 2.33. The molecule has 0 N–H and O–H groups in total. The summed E-state index contributed by atoms with van der Waals surface area (Å²) in [4.78, 5) is 18.9. The molecule has 148 valence electrons. The van der Waals surface area contributed by atoms with Gasteiger partial charge in [-0.05, 0) is 36.6 Å². The van der Waals surface area contributed by atoms with Crippen LogP contribution >= 0.6 is 0 Å². The van der Waals surface area contributed by atoms with Crippen LogP contribution in [0.3, 0.4) is 0 Å². The molecule has 29 heavy (non-hydrogen) atoms. The molecule has 7 heteroatoms. The second-order valence-electron chi connectivity index (χ2n) is 7.36. The summed E-state index contributed by atoms with van der Waals surface area (Å²) in [6.45, 7) is 1.60. The molecule has 1 amide bonds. The van der Waals surface area contributed by atoms with Crippen molar-refractivity contribution in [3.63, 3.8) is 0 Å². The largest absolute Gasteiger partial charge is 0.454 e. The minimum absolute atomic E-state index is 0.0364. The van der Waals surface area contributed by atoms with E-state index in [1.807, 2.05) is 41.3 Å². The van der Waals surface area contributed by atoms with Gasteiger partial charge in [0, 0.05) is 31.0 Å². The molecule has 0 aliphatic carbocycles. The molecule has 0 bridgehead atoms. The van der Waals surface area contributed by atoms with Crippen LogP contribution in [0.5, 0.6) is 11.5 Å². The first-order chi connectivity index (χ1) is 14.3. The average Bonchev–Trinajstić information content (AvgIpc) is 3.48. The van der Waals surface area contributed by atoms with Gasteiger partial charge in [-0.1, -0.05) is 35.5 Å². The van der Waals surface area contributed by atoms with E-state index in [4.69, 9.17) is 14.0 Å². The molecule has 3 aromatic rings. The fourth-order valence-electron chi connectivity index (χ4n) is 3.83. The number of fused-ring (bicyclic) bond motifs is 1. The predicted molar refractivity (Wildman–Crippen MR) is 105 cm³/mol. The van der Waals surface area contributed by atoms with Crippen LogP contribution in [0.25, 0.3) is 11.5 Å². The van der Waals surface area contributed by atoms with Crippen molar-refractivity contribution in [2.24, 2.45) is 0 Å². The molecule has 0 radical (unpaired) electrons. The van der Waals surface area contributed by atoms with Crippen LogP contribution in [0.4, 0.5) is 0 Å². The quantitative estimate of drug-likeness (QED) is 0.641. The molecule has 1 unspecified atom stereocenters. The van der Waals surface area contributed by atoms with Gasteiger partial charge in [-0.2, -0.15) is 4.98 Å². The number of aryl methyl sites for hydroxylation is 1. The highest BCUT2D eigenvalue weighted by atomic mass is 16.7. The Morgan fingerprint density at radius 1 is 1.07 bits per heavy atom. The molecule has 1 atom stereocenters. The van der Waals surface area contributed by atoms with Crippen molar-refractivity contribution in [3.8, 4) is 23.0 Å². The van der Waals surface area contributed by atoms with Crippen molar-refractivity contribution >= 4 is 5.91 Å². The number of likely N-dealkylation sites (tertiary alicyclic amines) is 1. The number of carbonyl (C=O) groups excluding carboxylic acids is 1. The van der Waals surface area contributed by atoms with Crippen LogP contribution in [0.15, 0.2) is 53.1 Å². The van der Waals surface area contributed by atoms with Crippen molar-refractivity contribution in [2.75, 3.05) is 19.9 Å². The van der Waals surface area contributed by atoms with Gasteiger partial charge in [0.05, 0.1) is 0 Å². The van der Waals surface area contributed by atoms with Gasteiger partial charge in [-0.15, -0.1) is 0 Å². The maximum absolute atomic E-state index is 12.4. The zero-order valence-electron chi connectivity index (χ0n) is 15.9. The molecule has 1 aromatic heterocycles. The first-order valence-electron chi connectivity index (χ1n) is 9.81. The van der Waals surface area contributed by atoms with E-state index in [0.29, 0.717) is 36.2 Å². The molecular weight excluding hydrogens is 370 g/mol. The normalized spacial score (nSPS) is 17.9. The summed E-state index contributed by atoms with van der Waals surface area (Å²) >= 11 is 0. The molecule has 5 rings (SSSR count). The van der Waals surface area contributed by atoms with Gasteiger partial charge in [-0.25, -0.2) is 0 Å². The summed E-state index contributed by atoms with van der Waals surface area (Å²) in [5.41, 5.74) is 2.07. The third-order valence-electron chi connectivity index (χ3n) is 5.38. The van der Waals surface area contributed by atoms with Crippen molar-refractivity contribution in [3.05, 3.63) is 59.9 Å². The molecule has 1 saturated heterocycles. The minimum atomic E-state index is -0.0364. The third kappa shape index (κ3) is 3.68. The monoisotopic (exact) mass is 391 g/mol. The number of amides is 1. The SMILES string of the molecule is O=C1CC(c2noc(-c3ccc4c(c3)OCO4)n2)CN1CCCc1ccccc1. The number of hydrogen-bond donors (Lipinski definition) is 0. The number of aromatic nitrogens is 2. The van der Waals surface area contributed by atoms with E-state index in [9.17, 15) is 4.79 Å². The van der Waals surface area contributed by atoms with Gasteiger partial charge in [0.1, 0.15) is 0 Å². The molecule has 2 aliphatic heterocycles. The summed E-state index contributed by atoms with van der Waals surface area (Å²) in [6.07, 6.45) is 2.33. The van der Waals surface area contributed by atoms with Gasteiger partial charge >= 0.3 is 0 Å². The number of benzene rings is 2. The van der Waals surface area contributed by atoms with E-state index < -0.39 is 0 Å². The molecule has 1 fully saturated rings. The van der Waals surface area contributed by atoms with Crippen LogP contribution in [-0.4, -0.2) is 40.8 Å². The Balaban J connectivity index is 1.21. The third-order valence-corrected chi connectivity index (χ3v) is 5.38. The first kappa shape index (κ1) is 17.7. The van der Waals surface area contributed by atoms with Crippen molar-refractivity contribution < 1.29 is 18.8 Å². The lowest BCUT2D eigenvalue weighted by Gasteiger charge is -2.15. The Labute approximate surface area is 168 Å². The maximum Gasteiger partial charge on any atom is 0.258 e. The van der Waals surface area contributed by atoms with Gasteiger partial charge in [0.25, 0.3) is 5.89 Å². The topological polar surface area (TPSA) is 77.7 Å². The Morgan fingerprint density at radius 3 is 2.83 bits per heavy atom. The summed E-state index contributed by atoms with van der Waals surface area (Å²) < 4.78 is 16.2. The fourth-order valence-corrected chi connectivity index (χ4v) is 3.83. The van der Waals surface area contributed by atoms with Gasteiger partial charge in [-0.3, -0.25) is 4.79 Å².